The summed E-state index contributed by atoms with van der Waals surface area (Å²) in [6.07, 6.45) is 2.38. The highest BCUT2D eigenvalue weighted by Gasteiger charge is 2.47. The molecule has 1 aromatic carbocycles. The molecule has 1 aromatic rings. The van der Waals surface area contributed by atoms with E-state index in [9.17, 15) is 9.59 Å². The van der Waals surface area contributed by atoms with Gasteiger partial charge in [0.2, 0.25) is 11.5 Å². The first-order valence-corrected chi connectivity index (χ1v) is 7.21. The topological polar surface area (TPSA) is 64.6 Å². The summed E-state index contributed by atoms with van der Waals surface area (Å²) in [6.45, 7) is 4.06. The Balaban J connectivity index is 2.21. The van der Waals surface area contributed by atoms with Crippen LogP contribution in [0.3, 0.4) is 0 Å². The number of benzene rings is 1. The molecule has 114 valence electrons. The van der Waals surface area contributed by atoms with Crippen molar-refractivity contribution in [1.29, 1.82) is 0 Å². The zero-order chi connectivity index (χ0) is 15.5. The summed E-state index contributed by atoms with van der Waals surface area (Å²) in [5.74, 6) is 0.0463. The second kappa shape index (κ2) is 6.26. The van der Waals surface area contributed by atoms with E-state index in [1.165, 1.54) is 6.92 Å². The van der Waals surface area contributed by atoms with Crippen molar-refractivity contribution in [3.05, 3.63) is 29.3 Å². The van der Waals surface area contributed by atoms with Gasteiger partial charge in [0, 0.05) is 18.9 Å². The lowest BCUT2D eigenvalue weighted by Gasteiger charge is -2.25. The number of fused-ring (bicyclic) bond motifs is 1. The Labute approximate surface area is 124 Å². The van der Waals surface area contributed by atoms with Gasteiger partial charge in [0.1, 0.15) is 5.75 Å². The third-order valence-corrected chi connectivity index (χ3v) is 3.62. The van der Waals surface area contributed by atoms with Gasteiger partial charge in [-0.1, -0.05) is 13.3 Å². The number of carbonyl (C=O) groups excluding carboxylic acids is 2. The largest absolute Gasteiger partial charge is 0.494 e. The minimum Gasteiger partial charge on any atom is -0.494 e. The molecule has 0 fully saturated rings. The highest BCUT2D eigenvalue weighted by Crippen LogP contribution is 2.33. The predicted octanol–water partition coefficient (Wildman–Crippen LogP) is 2.08. The van der Waals surface area contributed by atoms with E-state index < -0.39 is 11.7 Å². The number of rotatable bonds is 6. The van der Waals surface area contributed by atoms with Crippen molar-refractivity contribution in [2.24, 2.45) is 0 Å². The summed E-state index contributed by atoms with van der Waals surface area (Å²) in [5.41, 5.74) is 0.133. The van der Waals surface area contributed by atoms with Crippen LogP contribution in [0.25, 0.3) is 0 Å². The fourth-order valence-electron chi connectivity index (χ4n) is 2.51. The Kier molecular flexibility index (Phi) is 4.63. The standard InChI is InChI=1S/C16H21NO4/c1-4-5-8-20-13-6-7-14-12(9-13)10-16(17-3,15(14)19)21-11(2)18/h6-7,9,17H,4-5,8,10H2,1-3H3. The van der Waals surface area contributed by atoms with E-state index in [1.54, 1.807) is 19.2 Å². The summed E-state index contributed by atoms with van der Waals surface area (Å²) >= 11 is 0. The molecule has 0 saturated heterocycles. The van der Waals surface area contributed by atoms with Crippen LogP contribution in [0, 0.1) is 0 Å². The van der Waals surface area contributed by atoms with Crippen molar-refractivity contribution in [3.63, 3.8) is 0 Å². The van der Waals surface area contributed by atoms with Gasteiger partial charge in [-0.15, -0.1) is 0 Å². The number of ketones is 1. The highest BCUT2D eigenvalue weighted by atomic mass is 16.6. The average molecular weight is 291 g/mol. The van der Waals surface area contributed by atoms with Crippen LogP contribution in [-0.2, 0) is 16.0 Å². The SMILES string of the molecule is CCCCOc1ccc2c(c1)CC(NC)(OC(C)=O)C2=O. The van der Waals surface area contributed by atoms with E-state index >= 15 is 0 Å². The van der Waals surface area contributed by atoms with Crippen molar-refractivity contribution in [1.82, 2.24) is 5.32 Å². The van der Waals surface area contributed by atoms with E-state index in [2.05, 4.69) is 12.2 Å². The van der Waals surface area contributed by atoms with Gasteiger partial charge < -0.3 is 9.47 Å². The molecular formula is C16H21NO4. The summed E-state index contributed by atoms with van der Waals surface area (Å²) in [7, 11) is 1.62. The molecule has 5 heteroatoms. The van der Waals surface area contributed by atoms with Crippen molar-refractivity contribution >= 4 is 11.8 Å². The van der Waals surface area contributed by atoms with Crippen LogP contribution in [0.4, 0.5) is 0 Å². The fourth-order valence-corrected chi connectivity index (χ4v) is 2.51. The minimum atomic E-state index is -1.28. The van der Waals surface area contributed by atoms with Gasteiger partial charge in [0.15, 0.2) is 0 Å². The monoisotopic (exact) mass is 291 g/mol. The van der Waals surface area contributed by atoms with Crippen LogP contribution in [0.15, 0.2) is 18.2 Å². The van der Waals surface area contributed by atoms with Gasteiger partial charge in [0.05, 0.1) is 6.61 Å². The van der Waals surface area contributed by atoms with Gasteiger partial charge in [-0.25, -0.2) is 0 Å². The number of esters is 1. The molecule has 21 heavy (non-hydrogen) atoms. The van der Waals surface area contributed by atoms with Crippen LogP contribution in [0.1, 0.15) is 42.6 Å². The minimum absolute atomic E-state index is 0.213. The van der Waals surface area contributed by atoms with E-state index in [-0.39, 0.29) is 5.78 Å². The van der Waals surface area contributed by atoms with E-state index in [4.69, 9.17) is 9.47 Å². The maximum Gasteiger partial charge on any atom is 0.304 e. The zero-order valence-electron chi connectivity index (χ0n) is 12.7. The number of hydrogen-bond acceptors (Lipinski definition) is 5. The average Bonchev–Trinajstić information content (AvgIpc) is 2.71. The molecule has 0 heterocycles. The molecular weight excluding hydrogens is 270 g/mol. The second-order valence-corrected chi connectivity index (χ2v) is 5.20. The van der Waals surface area contributed by atoms with Gasteiger partial charge in [-0.05, 0) is 37.2 Å². The molecule has 2 rings (SSSR count). The number of carbonyl (C=O) groups is 2. The molecule has 0 spiro atoms. The molecule has 0 radical (unpaired) electrons. The maximum absolute atomic E-state index is 12.5. The molecule has 1 aliphatic rings. The zero-order valence-corrected chi connectivity index (χ0v) is 12.7. The molecule has 0 aromatic heterocycles. The van der Waals surface area contributed by atoms with Crippen LogP contribution < -0.4 is 10.1 Å². The quantitative estimate of drug-likeness (QED) is 0.494. The van der Waals surface area contributed by atoms with Crippen LogP contribution >= 0.6 is 0 Å². The first-order valence-electron chi connectivity index (χ1n) is 7.21. The molecule has 0 bridgehead atoms. The van der Waals surface area contributed by atoms with Gasteiger partial charge >= 0.3 is 5.97 Å². The van der Waals surface area contributed by atoms with Crippen molar-refractivity contribution < 1.29 is 19.1 Å². The summed E-state index contributed by atoms with van der Waals surface area (Å²) in [6, 6.07) is 5.37. The first kappa shape index (κ1) is 15.5. The lowest BCUT2D eigenvalue weighted by atomic mass is 10.1. The third kappa shape index (κ3) is 3.08. The Morgan fingerprint density at radius 1 is 1.43 bits per heavy atom. The van der Waals surface area contributed by atoms with Crippen molar-refractivity contribution in [2.75, 3.05) is 13.7 Å². The summed E-state index contributed by atoms with van der Waals surface area (Å²) in [5, 5.41) is 2.84. The molecule has 1 N–H and O–H groups in total. The van der Waals surface area contributed by atoms with Gasteiger partial charge in [-0.2, -0.15) is 0 Å². The number of nitrogens with one attached hydrogen (secondary N) is 1. The lowest BCUT2D eigenvalue weighted by molar-refractivity contribution is -0.154. The van der Waals surface area contributed by atoms with Crippen LogP contribution in [-0.4, -0.2) is 31.1 Å². The molecule has 0 aliphatic heterocycles. The van der Waals surface area contributed by atoms with Crippen LogP contribution in [0.2, 0.25) is 0 Å². The Morgan fingerprint density at radius 2 is 2.19 bits per heavy atom. The fraction of sp³-hybridized carbons (Fsp3) is 0.500. The summed E-state index contributed by atoms with van der Waals surface area (Å²) in [4.78, 5) is 23.7. The van der Waals surface area contributed by atoms with Crippen LogP contribution in [0.5, 0.6) is 5.75 Å². The lowest BCUT2D eigenvalue weighted by Crippen LogP contribution is -2.52. The summed E-state index contributed by atoms with van der Waals surface area (Å²) < 4.78 is 10.9. The molecule has 0 amide bonds. The third-order valence-electron chi connectivity index (χ3n) is 3.62. The van der Waals surface area contributed by atoms with Crippen molar-refractivity contribution in [3.8, 4) is 5.75 Å². The molecule has 0 saturated carbocycles. The molecule has 5 nitrogen and oxygen atoms in total. The molecule has 1 aliphatic carbocycles. The van der Waals surface area contributed by atoms with E-state index in [0.29, 0.717) is 18.6 Å². The molecule has 1 atom stereocenters. The highest BCUT2D eigenvalue weighted by molar-refractivity contribution is 6.07. The van der Waals surface area contributed by atoms with Gasteiger partial charge in [-0.3, -0.25) is 14.9 Å². The van der Waals surface area contributed by atoms with Gasteiger partial charge in [0.25, 0.3) is 0 Å². The normalized spacial score (nSPS) is 20.2. The smallest absolute Gasteiger partial charge is 0.304 e. The Bertz CT molecular complexity index is 555. The number of likely N-dealkylation sites (N-methyl/N-ethyl adjacent to an activating group) is 1. The Morgan fingerprint density at radius 3 is 2.81 bits per heavy atom. The molecule has 1 unspecified atom stereocenters. The number of hydrogen-bond donors (Lipinski definition) is 1. The maximum atomic E-state index is 12.5. The Hall–Kier alpha value is -1.88. The number of unbranched alkanes of at least 4 members (excludes halogenated alkanes) is 1. The first-order chi connectivity index (χ1) is 10.0. The number of Topliss-reactive ketones (excluding diaryl/α,β-unsaturated/α-hetero) is 1. The second-order valence-electron chi connectivity index (χ2n) is 5.20. The van der Waals surface area contributed by atoms with E-state index in [1.807, 2.05) is 6.07 Å². The van der Waals surface area contributed by atoms with Crippen molar-refractivity contribution in [2.45, 2.75) is 38.8 Å². The van der Waals surface area contributed by atoms with E-state index in [0.717, 1.165) is 24.2 Å². The predicted molar refractivity (Wildman–Crippen MR) is 78.4 cm³/mol. The number of ether oxygens (including phenoxy) is 2.